The second kappa shape index (κ2) is 7.87. The van der Waals surface area contributed by atoms with Crippen LogP contribution in [0.4, 0.5) is 4.39 Å². The van der Waals surface area contributed by atoms with Crippen LogP contribution in [0.15, 0.2) is 23.2 Å². The molecule has 3 atom stereocenters. The number of aliphatic imine (C=N–C) groups is 1. The highest BCUT2D eigenvalue weighted by atomic mass is 32.2. The van der Waals surface area contributed by atoms with Gasteiger partial charge in [-0.3, -0.25) is 0 Å². The first-order valence-electron chi connectivity index (χ1n) is 10.4. The molecule has 0 amide bonds. The maximum atomic E-state index is 13.8. The molecule has 2 N–H and O–H groups in total. The molecule has 3 fully saturated rings. The summed E-state index contributed by atoms with van der Waals surface area (Å²) in [5.41, 5.74) is 1.43. The molecule has 8 heteroatoms. The first-order chi connectivity index (χ1) is 13.8. The Labute approximate surface area is 172 Å². The van der Waals surface area contributed by atoms with Crippen LogP contribution >= 0.6 is 0 Å². The van der Waals surface area contributed by atoms with Crippen molar-refractivity contribution in [3.8, 4) is 0 Å². The number of benzene rings is 1. The van der Waals surface area contributed by atoms with E-state index >= 15 is 0 Å². The van der Waals surface area contributed by atoms with Crippen molar-refractivity contribution in [2.24, 2.45) is 16.3 Å². The Morgan fingerprint density at radius 2 is 2.14 bits per heavy atom. The smallest absolute Gasteiger partial charge is 0.191 e. The van der Waals surface area contributed by atoms with Crippen molar-refractivity contribution in [1.82, 2.24) is 10.6 Å². The van der Waals surface area contributed by atoms with Gasteiger partial charge in [-0.1, -0.05) is 12.5 Å². The van der Waals surface area contributed by atoms with Crippen LogP contribution in [0.25, 0.3) is 0 Å². The van der Waals surface area contributed by atoms with Crippen molar-refractivity contribution in [2.45, 2.75) is 57.1 Å². The predicted octanol–water partition coefficient (Wildman–Crippen LogP) is 2.38. The van der Waals surface area contributed by atoms with E-state index in [0.717, 1.165) is 19.6 Å². The van der Waals surface area contributed by atoms with Gasteiger partial charge in [-0.25, -0.2) is 17.8 Å². The van der Waals surface area contributed by atoms with Crippen LogP contribution in [0.3, 0.4) is 0 Å². The normalized spacial score (nSPS) is 27.8. The number of hydrogen-bond acceptors (Lipinski definition) is 4. The molecule has 160 valence electrons. The SMILES string of the molecule is CCNC(=NCc1cc(F)ccc1CS(C)(=O)=O)NC1C2CCOC2C12CCC2. The maximum Gasteiger partial charge on any atom is 0.191 e. The van der Waals surface area contributed by atoms with Crippen molar-refractivity contribution >= 4 is 15.8 Å². The lowest BCUT2D eigenvalue weighted by atomic mass is 9.46. The topological polar surface area (TPSA) is 79.8 Å². The van der Waals surface area contributed by atoms with E-state index in [0.29, 0.717) is 35.2 Å². The molecule has 0 aromatic heterocycles. The van der Waals surface area contributed by atoms with Gasteiger partial charge in [0.1, 0.15) is 5.82 Å². The summed E-state index contributed by atoms with van der Waals surface area (Å²) >= 11 is 0. The zero-order valence-electron chi connectivity index (χ0n) is 17.1. The van der Waals surface area contributed by atoms with Crippen LogP contribution in [0.5, 0.6) is 0 Å². The lowest BCUT2D eigenvalue weighted by Crippen LogP contribution is -2.72. The molecule has 4 rings (SSSR count). The van der Waals surface area contributed by atoms with E-state index in [9.17, 15) is 12.8 Å². The van der Waals surface area contributed by atoms with Gasteiger partial charge < -0.3 is 15.4 Å². The first kappa shape index (κ1) is 20.6. The molecule has 29 heavy (non-hydrogen) atoms. The van der Waals surface area contributed by atoms with Gasteiger partial charge in [0.05, 0.1) is 18.4 Å². The van der Waals surface area contributed by atoms with Crippen molar-refractivity contribution in [2.75, 3.05) is 19.4 Å². The lowest BCUT2D eigenvalue weighted by Gasteiger charge is -2.63. The van der Waals surface area contributed by atoms with E-state index in [-0.39, 0.29) is 23.5 Å². The fraction of sp³-hybridized carbons (Fsp3) is 0.667. The van der Waals surface area contributed by atoms with Crippen molar-refractivity contribution in [3.63, 3.8) is 0 Å². The molecule has 1 saturated heterocycles. The van der Waals surface area contributed by atoms with Crippen molar-refractivity contribution < 1.29 is 17.5 Å². The molecule has 0 radical (unpaired) electrons. The molecule has 1 aliphatic heterocycles. The number of ether oxygens (including phenoxy) is 1. The Hall–Kier alpha value is -1.67. The summed E-state index contributed by atoms with van der Waals surface area (Å²) in [5.74, 6) is 0.719. The van der Waals surface area contributed by atoms with E-state index in [1.54, 1.807) is 0 Å². The Kier molecular flexibility index (Phi) is 5.59. The largest absolute Gasteiger partial charge is 0.377 e. The van der Waals surface area contributed by atoms with Crippen LogP contribution in [0.1, 0.15) is 43.7 Å². The number of halogens is 1. The molecule has 1 aromatic rings. The number of guanidine groups is 1. The summed E-state index contributed by atoms with van der Waals surface area (Å²) in [4.78, 5) is 4.67. The second-order valence-corrected chi connectivity index (χ2v) is 10.8. The molecular weight excluding hydrogens is 393 g/mol. The lowest BCUT2D eigenvalue weighted by molar-refractivity contribution is -0.171. The molecule has 2 saturated carbocycles. The standard InChI is InChI=1S/C21H30FN3O3S/c1-3-23-20(25-18-17-7-10-28-19(17)21(18)8-4-9-21)24-12-15-11-16(22)6-5-14(15)13-29(2,26)27/h5-6,11,17-19H,3-4,7-10,12-13H2,1-2H3,(H2,23,24,25). The second-order valence-electron chi connectivity index (χ2n) is 8.63. The van der Waals surface area contributed by atoms with Crippen LogP contribution in [0, 0.1) is 17.2 Å². The summed E-state index contributed by atoms with van der Waals surface area (Å²) < 4.78 is 43.2. The van der Waals surface area contributed by atoms with Gasteiger partial charge in [0, 0.05) is 36.8 Å². The third kappa shape index (κ3) is 4.01. The average Bonchev–Trinajstić information content (AvgIpc) is 3.02. The summed E-state index contributed by atoms with van der Waals surface area (Å²) in [6, 6.07) is 4.57. The van der Waals surface area contributed by atoms with Gasteiger partial charge in [0.15, 0.2) is 15.8 Å². The van der Waals surface area contributed by atoms with E-state index in [2.05, 4.69) is 15.6 Å². The number of nitrogens with one attached hydrogen (secondary N) is 2. The fourth-order valence-corrected chi connectivity index (χ4v) is 6.10. The molecule has 1 spiro atoms. The number of rotatable bonds is 6. The van der Waals surface area contributed by atoms with E-state index in [1.165, 1.54) is 43.7 Å². The summed E-state index contributed by atoms with van der Waals surface area (Å²) in [6.45, 7) is 3.79. The Balaban J connectivity index is 1.52. The number of hydrogen-bond donors (Lipinski definition) is 2. The monoisotopic (exact) mass is 423 g/mol. The van der Waals surface area contributed by atoms with Gasteiger partial charge in [0.2, 0.25) is 0 Å². The summed E-state index contributed by atoms with van der Waals surface area (Å²) in [5, 5.41) is 6.90. The molecule has 3 unspecified atom stereocenters. The Morgan fingerprint density at radius 1 is 1.34 bits per heavy atom. The van der Waals surface area contributed by atoms with E-state index in [4.69, 9.17) is 4.74 Å². The van der Waals surface area contributed by atoms with Crippen LogP contribution in [0.2, 0.25) is 0 Å². The number of nitrogens with zero attached hydrogens (tertiary/aromatic N) is 1. The summed E-state index contributed by atoms with van der Waals surface area (Å²) in [7, 11) is -3.21. The van der Waals surface area contributed by atoms with Crippen molar-refractivity contribution in [3.05, 3.63) is 35.1 Å². The van der Waals surface area contributed by atoms with E-state index in [1.807, 2.05) is 6.92 Å². The highest BCUT2D eigenvalue weighted by molar-refractivity contribution is 7.89. The highest BCUT2D eigenvalue weighted by Gasteiger charge is 2.66. The van der Waals surface area contributed by atoms with Crippen LogP contribution in [-0.4, -0.2) is 45.9 Å². The molecule has 3 aliphatic rings. The highest BCUT2D eigenvalue weighted by Crippen LogP contribution is 2.62. The van der Waals surface area contributed by atoms with Crippen LogP contribution < -0.4 is 10.6 Å². The first-order valence-corrected chi connectivity index (χ1v) is 12.5. The number of sulfone groups is 1. The third-order valence-electron chi connectivity index (χ3n) is 6.67. The van der Waals surface area contributed by atoms with Gasteiger partial charge >= 0.3 is 0 Å². The minimum Gasteiger partial charge on any atom is -0.377 e. The number of fused-ring (bicyclic) bond motifs is 2. The molecule has 0 bridgehead atoms. The minimum atomic E-state index is -3.21. The van der Waals surface area contributed by atoms with Gasteiger partial charge in [-0.15, -0.1) is 0 Å². The molecule has 2 aliphatic carbocycles. The van der Waals surface area contributed by atoms with Gasteiger partial charge in [-0.2, -0.15) is 0 Å². The molecule has 1 heterocycles. The molecular formula is C21H30FN3O3S. The van der Waals surface area contributed by atoms with E-state index < -0.39 is 9.84 Å². The average molecular weight is 424 g/mol. The predicted molar refractivity (Wildman–Crippen MR) is 111 cm³/mol. The third-order valence-corrected chi connectivity index (χ3v) is 7.50. The zero-order valence-corrected chi connectivity index (χ0v) is 17.9. The van der Waals surface area contributed by atoms with Crippen molar-refractivity contribution in [1.29, 1.82) is 0 Å². The van der Waals surface area contributed by atoms with Gasteiger partial charge in [-0.05, 0) is 49.4 Å². The molecule has 1 aromatic carbocycles. The minimum absolute atomic E-state index is 0.116. The molecule has 6 nitrogen and oxygen atoms in total. The quantitative estimate of drug-likeness (QED) is 0.543. The van der Waals surface area contributed by atoms with Gasteiger partial charge in [0.25, 0.3) is 0 Å². The van der Waals surface area contributed by atoms with Crippen LogP contribution in [-0.2, 0) is 26.9 Å². The Morgan fingerprint density at radius 3 is 2.79 bits per heavy atom. The Bertz CT molecular complexity index is 898. The zero-order chi connectivity index (χ0) is 20.6. The summed E-state index contributed by atoms with van der Waals surface area (Å²) in [6.07, 6.45) is 6.26. The fourth-order valence-electron chi connectivity index (χ4n) is 5.25. The maximum absolute atomic E-state index is 13.8.